The number of piperazine rings is 1. The predicted octanol–water partition coefficient (Wildman–Crippen LogP) is 4.48. The molecule has 166 valence electrons. The highest BCUT2D eigenvalue weighted by Crippen LogP contribution is 2.41. The summed E-state index contributed by atoms with van der Waals surface area (Å²) in [7, 11) is 0. The molecule has 2 aromatic carbocycles. The summed E-state index contributed by atoms with van der Waals surface area (Å²) in [5.41, 5.74) is 4.64. The van der Waals surface area contributed by atoms with Crippen molar-refractivity contribution in [1.29, 1.82) is 0 Å². The number of H-pyrrole nitrogens is 1. The number of aromatic amines is 1. The van der Waals surface area contributed by atoms with E-state index in [1.165, 1.54) is 16.5 Å². The van der Waals surface area contributed by atoms with Gasteiger partial charge in [-0.2, -0.15) is 0 Å². The highest BCUT2D eigenvalue weighted by atomic mass is 16.2. The van der Waals surface area contributed by atoms with Gasteiger partial charge in [-0.25, -0.2) is 0 Å². The summed E-state index contributed by atoms with van der Waals surface area (Å²) in [6.45, 7) is 5.16. The topological polar surface area (TPSA) is 56.4 Å². The van der Waals surface area contributed by atoms with Crippen LogP contribution in [0.2, 0.25) is 0 Å². The van der Waals surface area contributed by atoms with Gasteiger partial charge in [0, 0.05) is 29.6 Å². The van der Waals surface area contributed by atoms with Crippen LogP contribution in [0.15, 0.2) is 54.6 Å². The molecule has 3 heterocycles. The number of hydrogen-bond acceptors (Lipinski definition) is 2. The van der Waals surface area contributed by atoms with Crippen molar-refractivity contribution >= 4 is 22.7 Å². The lowest BCUT2D eigenvalue weighted by atomic mass is 9.86. The first-order valence-electron chi connectivity index (χ1n) is 11.8. The van der Waals surface area contributed by atoms with E-state index in [0.29, 0.717) is 18.9 Å². The zero-order valence-corrected chi connectivity index (χ0v) is 18.9. The zero-order chi connectivity index (χ0) is 22.2. The average molecular weight is 430 g/mol. The van der Waals surface area contributed by atoms with Crippen LogP contribution in [0, 0.1) is 5.92 Å². The summed E-state index contributed by atoms with van der Waals surface area (Å²) < 4.78 is 0. The number of amides is 2. The van der Waals surface area contributed by atoms with Gasteiger partial charge in [-0.15, -0.1) is 0 Å². The quantitative estimate of drug-likeness (QED) is 0.628. The Morgan fingerprint density at radius 2 is 1.78 bits per heavy atom. The van der Waals surface area contributed by atoms with Gasteiger partial charge in [0.05, 0.1) is 12.6 Å². The van der Waals surface area contributed by atoms with E-state index in [4.69, 9.17) is 0 Å². The summed E-state index contributed by atoms with van der Waals surface area (Å²) in [6.07, 6.45) is 3.17. The van der Waals surface area contributed by atoms with E-state index < -0.39 is 6.04 Å². The first-order valence-corrected chi connectivity index (χ1v) is 11.8. The van der Waals surface area contributed by atoms with Crippen LogP contribution in [0.1, 0.15) is 49.6 Å². The predicted molar refractivity (Wildman–Crippen MR) is 126 cm³/mol. The molecular weight excluding hydrogens is 398 g/mol. The average Bonchev–Trinajstić information content (AvgIpc) is 3.17. The molecule has 2 aliphatic heterocycles. The van der Waals surface area contributed by atoms with Gasteiger partial charge < -0.3 is 14.8 Å². The van der Waals surface area contributed by atoms with Crippen molar-refractivity contribution in [3.63, 3.8) is 0 Å². The normalized spacial score (nSPS) is 20.7. The lowest BCUT2D eigenvalue weighted by Gasteiger charge is -2.47. The molecule has 2 aliphatic rings. The van der Waals surface area contributed by atoms with E-state index in [2.05, 4.69) is 55.2 Å². The molecule has 1 saturated heterocycles. The third-order valence-corrected chi connectivity index (χ3v) is 6.99. The minimum atomic E-state index is -0.407. The number of rotatable bonds is 6. The fraction of sp³-hybridized carbons (Fsp3) is 0.407. The number of nitrogens with one attached hydrogen (secondary N) is 1. The van der Waals surface area contributed by atoms with Gasteiger partial charge in [0.2, 0.25) is 11.8 Å². The number of fused-ring (bicyclic) bond motifs is 4. The van der Waals surface area contributed by atoms with E-state index in [0.717, 1.165) is 30.5 Å². The van der Waals surface area contributed by atoms with Gasteiger partial charge in [-0.1, -0.05) is 62.4 Å². The van der Waals surface area contributed by atoms with Crippen molar-refractivity contribution in [3.05, 3.63) is 71.4 Å². The maximum atomic E-state index is 13.5. The highest BCUT2D eigenvalue weighted by molar-refractivity contribution is 5.97. The first-order chi connectivity index (χ1) is 15.5. The zero-order valence-electron chi connectivity index (χ0n) is 18.9. The number of hydrogen-bond donors (Lipinski definition) is 1. The minimum absolute atomic E-state index is 0.0701. The van der Waals surface area contributed by atoms with Gasteiger partial charge in [-0.05, 0) is 42.4 Å². The Morgan fingerprint density at radius 3 is 2.56 bits per heavy atom. The molecular formula is C27H31N3O2. The second kappa shape index (κ2) is 8.45. The third kappa shape index (κ3) is 3.70. The summed E-state index contributed by atoms with van der Waals surface area (Å²) in [6, 6.07) is 18.1. The molecule has 1 aromatic heterocycles. The maximum Gasteiger partial charge on any atom is 0.246 e. The number of carbonyl (C=O) groups is 2. The van der Waals surface area contributed by atoms with Crippen LogP contribution in [0.5, 0.6) is 0 Å². The molecule has 2 atom stereocenters. The van der Waals surface area contributed by atoms with E-state index >= 15 is 0 Å². The molecule has 0 saturated carbocycles. The molecule has 1 N–H and O–H groups in total. The molecule has 5 nitrogen and oxygen atoms in total. The Balaban J connectivity index is 1.51. The lowest BCUT2D eigenvalue weighted by Crippen LogP contribution is -2.63. The molecule has 0 radical (unpaired) electrons. The van der Waals surface area contributed by atoms with Gasteiger partial charge in [0.25, 0.3) is 0 Å². The number of aryl methyl sites for hydroxylation is 1. The highest BCUT2D eigenvalue weighted by Gasteiger charge is 2.47. The summed E-state index contributed by atoms with van der Waals surface area (Å²) in [5, 5.41) is 1.17. The third-order valence-electron chi connectivity index (χ3n) is 6.99. The molecule has 0 bridgehead atoms. The monoisotopic (exact) mass is 429 g/mol. The van der Waals surface area contributed by atoms with E-state index in [-0.39, 0.29) is 24.4 Å². The van der Waals surface area contributed by atoms with Crippen molar-refractivity contribution < 1.29 is 9.59 Å². The smallest absolute Gasteiger partial charge is 0.246 e. The lowest BCUT2D eigenvalue weighted by molar-refractivity contribution is -0.160. The molecule has 0 spiro atoms. The van der Waals surface area contributed by atoms with Gasteiger partial charge in [0.15, 0.2) is 0 Å². The van der Waals surface area contributed by atoms with E-state index in [1.54, 1.807) is 4.90 Å². The maximum absolute atomic E-state index is 13.5. The van der Waals surface area contributed by atoms with Gasteiger partial charge in [-0.3, -0.25) is 9.59 Å². The molecule has 32 heavy (non-hydrogen) atoms. The largest absolute Gasteiger partial charge is 0.356 e. The van der Waals surface area contributed by atoms with Crippen LogP contribution in [0.4, 0.5) is 0 Å². The number of nitrogens with zero attached hydrogens (tertiary/aromatic N) is 2. The SMILES string of the molecule is CC(C)CCN1CC(=O)N2C(Cc3c([nH]c4ccccc34)C2CCc2ccccc2)C1=O. The van der Waals surface area contributed by atoms with Crippen LogP contribution >= 0.6 is 0 Å². The fourth-order valence-corrected chi connectivity index (χ4v) is 5.30. The van der Waals surface area contributed by atoms with E-state index in [1.807, 2.05) is 23.1 Å². The number of carbonyl (C=O) groups excluding carboxylic acids is 2. The Hall–Kier alpha value is -3.08. The Morgan fingerprint density at radius 1 is 1.03 bits per heavy atom. The van der Waals surface area contributed by atoms with E-state index in [9.17, 15) is 9.59 Å². The van der Waals surface area contributed by atoms with Crippen molar-refractivity contribution in [1.82, 2.24) is 14.8 Å². The Bertz CT molecular complexity index is 1130. The van der Waals surface area contributed by atoms with Crippen LogP contribution in [-0.2, 0) is 22.4 Å². The number of benzene rings is 2. The molecule has 5 heteroatoms. The summed E-state index contributed by atoms with van der Waals surface area (Å²) >= 11 is 0. The summed E-state index contributed by atoms with van der Waals surface area (Å²) in [5.74, 6) is 0.674. The van der Waals surface area contributed by atoms with Crippen LogP contribution < -0.4 is 0 Å². The Kier molecular flexibility index (Phi) is 5.50. The molecule has 3 aromatic rings. The second-order valence-electron chi connectivity index (χ2n) is 9.57. The molecule has 1 fully saturated rings. The van der Waals surface area contributed by atoms with Crippen molar-refractivity contribution in [2.45, 2.75) is 51.6 Å². The van der Waals surface area contributed by atoms with Crippen LogP contribution in [0.25, 0.3) is 10.9 Å². The molecule has 0 aliphatic carbocycles. The minimum Gasteiger partial charge on any atom is -0.356 e. The Labute approximate surface area is 189 Å². The van der Waals surface area contributed by atoms with Gasteiger partial charge >= 0.3 is 0 Å². The second-order valence-corrected chi connectivity index (χ2v) is 9.57. The van der Waals surface area contributed by atoms with Crippen molar-refractivity contribution in [2.24, 2.45) is 5.92 Å². The van der Waals surface area contributed by atoms with Crippen molar-refractivity contribution in [2.75, 3.05) is 13.1 Å². The first kappa shape index (κ1) is 20.8. The van der Waals surface area contributed by atoms with Crippen LogP contribution in [-0.4, -0.2) is 45.7 Å². The standard InChI is InChI=1S/C27H31N3O2/c1-18(2)14-15-29-17-25(31)30-23(13-12-19-8-4-3-5-9-19)26-21(16-24(30)27(29)32)20-10-6-7-11-22(20)28-26/h3-11,18,23-24,28H,12-17H2,1-2H3. The van der Waals surface area contributed by atoms with Crippen molar-refractivity contribution in [3.8, 4) is 0 Å². The molecule has 2 unspecified atom stereocenters. The number of aromatic nitrogens is 1. The van der Waals surface area contributed by atoms with Crippen LogP contribution in [0.3, 0.4) is 0 Å². The fourth-order valence-electron chi connectivity index (χ4n) is 5.30. The molecule has 2 amide bonds. The summed E-state index contributed by atoms with van der Waals surface area (Å²) in [4.78, 5) is 34.2. The number of para-hydroxylation sites is 1. The molecule has 5 rings (SSSR count). The van der Waals surface area contributed by atoms with Gasteiger partial charge in [0.1, 0.15) is 6.04 Å².